The molecular weight excluding hydrogens is 471 g/mol. The van der Waals surface area contributed by atoms with E-state index in [0.29, 0.717) is 25.9 Å². The summed E-state index contributed by atoms with van der Waals surface area (Å²) in [5, 5.41) is 3.91. The van der Waals surface area contributed by atoms with Gasteiger partial charge in [0, 0.05) is 24.0 Å². The smallest absolute Gasteiger partial charge is 0.332 e. The quantitative estimate of drug-likeness (QED) is 0.399. The molecule has 6 rings (SSSR count). The number of amides is 4. The van der Waals surface area contributed by atoms with Crippen molar-refractivity contribution in [2.24, 2.45) is 0 Å². The first-order valence-corrected chi connectivity index (χ1v) is 12.3. The lowest BCUT2D eigenvalue weighted by Gasteiger charge is -2.35. The number of H-pyrrole nitrogens is 1. The molecule has 3 heterocycles. The predicted molar refractivity (Wildman–Crippen MR) is 138 cm³/mol. The first-order valence-electron chi connectivity index (χ1n) is 12.3. The van der Waals surface area contributed by atoms with Gasteiger partial charge in [-0.3, -0.25) is 9.59 Å². The molecule has 0 radical (unpaired) electrons. The van der Waals surface area contributed by atoms with E-state index >= 15 is 0 Å². The van der Waals surface area contributed by atoms with Crippen molar-refractivity contribution in [1.82, 2.24) is 15.2 Å². The Morgan fingerprint density at radius 1 is 1.03 bits per heavy atom. The van der Waals surface area contributed by atoms with E-state index in [9.17, 15) is 18.8 Å². The van der Waals surface area contributed by atoms with Gasteiger partial charge in [0.1, 0.15) is 5.82 Å². The molecule has 1 atom stereocenters. The van der Waals surface area contributed by atoms with Crippen LogP contribution in [0.4, 0.5) is 14.9 Å². The number of imide groups is 1. The molecule has 37 heavy (non-hydrogen) atoms. The van der Waals surface area contributed by atoms with Crippen molar-refractivity contribution in [3.8, 4) is 0 Å². The Kier molecular flexibility index (Phi) is 5.33. The number of aromatic nitrogens is 1. The highest BCUT2D eigenvalue weighted by molar-refractivity contribution is 6.25. The van der Waals surface area contributed by atoms with E-state index in [-0.39, 0.29) is 23.0 Å². The molecule has 1 saturated heterocycles. The molecular formula is C29H25FN4O3. The topological polar surface area (TPSA) is 85.5 Å². The van der Waals surface area contributed by atoms with E-state index in [1.54, 1.807) is 48.2 Å². The minimum Gasteiger partial charge on any atom is -0.356 e. The molecule has 2 aliphatic rings. The summed E-state index contributed by atoms with van der Waals surface area (Å²) < 4.78 is 13.2. The molecule has 4 amide bonds. The highest BCUT2D eigenvalue weighted by Gasteiger charge is 2.59. The summed E-state index contributed by atoms with van der Waals surface area (Å²) in [7, 11) is 0. The predicted octanol–water partition coefficient (Wildman–Crippen LogP) is 4.52. The van der Waals surface area contributed by atoms with E-state index in [1.807, 2.05) is 24.3 Å². The normalized spacial score (nSPS) is 18.8. The van der Waals surface area contributed by atoms with Crippen molar-refractivity contribution in [1.29, 1.82) is 0 Å². The molecule has 1 aromatic heterocycles. The van der Waals surface area contributed by atoms with E-state index in [1.165, 1.54) is 12.1 Å². The van der Waals surface area contributed by atoms with Gasteiger partial charge in [0.15, 0.2) is 5.54 Å². The molecule has 186 valence electrons. The number of anilines is 1. The number of fused-ring (bicyclic) bond motifs is 5. The van der Waals surface area contributed by atoms with Gasteiger partial charge in [-0.1, -0.05) is 42.5 Å². The molecule has 4 aromatic rings. The molecule has 1 fully saturated rings. The number of para-hydroxylation sites is 2. The average Bonchev–Trinajstić information content (AvgIpc) is 3.38. The molecule has 0 saturated carbocycles. The van der Waals surface area contributed by atoms with Gasteiger partial charge >= 0.3 is 6.03 Å². The van der Waals surface area contributed by atoms with Crippen LogP contribution in [0.1, 0.15) is 34.1 Å². The monoisotopic (exact) mass is 496 g/mol. The SMILES string of the molecule is C[C@]12C(=O)N(c3ccccc3C(=O)NCCc3ccc(F)cc3)C(=O)N1CCc1c2[nH]c2ccccc12. The summed E-state index contributed by atoms with van der Waals surface area (Å²) >= 11 is 0. The number of urea groups is 1. The highest BCUT2D eigenvalue weighted by Crippen LogP contribution is 2.45. The fourth-order valence-corrected chi connectivity index (χ4v) is 5.53. The standard InChI is InChI=1S/C29H25FN4O3/c1-29-25-21(20-6-2-4-8-23(20)32-25)15-17-33(29)28(37)34(27(29)36)24-9-5-3-7-22(24)26(35)31-16-14-18-10-12-19(30)13-11-18/h2-13,32H,14-17H2,1H3,(H,31,35)/t29-/m0/s1. The Hall–Kier alpha value is -4.46. The Balaban J connectivity index is 1.30. The zero-order valence-electron chi connectivity index (χ0n) is 20.3. The molecule has 0 aliphatic carbocycles. The average molecular weight is 497 g/mol. The molecule has 0 spiro atoms. The van der Waals surface area contributed by atoms with Crippen LogP contribution in [0.15, 0.2) is 72.8 Å². The lowest BCUT2D eigenvalue weighted by Crippen LogP contribution is -2.49. The first-order chi connectivity index (χ1) is 17.9. The third kappa shape index (κ3) is 3.51. The maximum Gasteiger partial charge on any atom is 0.332 e. The van der Waals surface area contributed by atoms with Crippen LogP contribution in [0.3, 0.4) is 0 Å². The molecule has 0 bridgehead atoms. The highest BCUT2D eigenvalue weighted by atomic mass is 19.1. The number of benzene rings is 3. The van der Waals surface area contributed by atoms with Crippen molar-refractivity contribution in [3.63, 3.8) is 0 Å². The van der Waals surface area contributed by atoms with Gasteiger partial charge in [-0.25, -0.2) is 14.1 Å². The van der Waals surface area contributed by atoms with Crippen molar-refractivity contribution >= 4 is 34.4 Å². The largest absolute Gasteiger partial charge is 0.356 e. The van der Waals surface area contributed by atoms with Crippen LogP contribution in [0, 0.1) is 5.82 Å². The van der Waals surface area contributed by atoms with Crippen LogP contribution in [0.5, 0.6) is 0 Å². The summed E-state index contributed by atoms with van der Waals surface area (Å²) in [6.45, 7) is 2.49. The Morgan fingerprint density at radius 2 is 1.76 bits per heavy atom. The van der Waals surface area contributed by atoms with Crippen LogP contribution in [-0.2, 0) is 23.2 Å². The van der Waals surface area contributed by atoms with E-state index in [2.05, 4.69) is 10.3 Å². The number of hydrogen-bond donors (Lipinski definition) is 2. The number of nitrogens with zero attached hydrogens (tertiary/aromatic N) is 2. The number of hydrogen-bond acceptors (Lipinski definition) is 3. The molecule has 7 nitrogen and oxygen atoms in total. The van der Waals surface area contributed by atoms with E-state index < -0.39 is 17.5 Å². The van der Waals surface area contributed by atoms with E-state index in [4.69, 9.17) is 0 Å². The van der Waals surface area contributed by atoms with Gasteiger partial charge in [-0.15, -0.1) is 0 Å². The minimum absolute atomic E-state index is 0.239. The second-order valence-electron chi connectivity index (χ2n) is 9.57. The number of carbonyl (C=O) groups excluding carboxylic acids is 3. The summed E-state index contributed by atoms with van der Waals surface area (Å²) in [5.41, 5.74) is 2.88. The maximum absolute atomic E-state index is 14.0. The Bertz CT molecular complexity index is 1560. The number of halogens is 1. The van der Waals surface area contributed by atoms with Crippen molar-refractivity contribution in [3.05, 3.63) is 101 Å². The van der Waals surface area contributed by atoms with Crippen LogP contribution >= 0.6 is 0 Å². The molecule has 3 aromatic carbocycles. The summed E-state index contributed by atoms with van der Waals surface area (Å²) in [6.07, 6.45) is 1.15. The first kappa shape index (κ1) is 23.0. The van der Waals surface area contributed by atoms with Gasteiger partial charge in [0.05, 0.1) is 16.9 Å². The van der Waals surface area contributed by atoms with Crippen LogP contribution in [0.2, 0.25) is 0 Å². The van der Waals surface area contributed by atoms with Gasteiger partial charge in [0.2, 0.25) is 0 Å². The molecule has 2 N–H and O–H groups in total. The lowest BCUT2D eigenvalue weighted by atomic mass is 9.87. The fourth-order valence-electron chi connectivity index (χ4n) is 5.53. The fraction of sp³-hybridized carbons (Fsp3) is 0.207. The summed E-state index contributed by atoms with van der Waals surface area (Å²) in [5.74, 6) is -1.09. The lowest BCUT2D eigenvalue weighted by molar-refractivity contribution is -0.125. The molecule has 0 unspecified atom stereocenters. The number of nitrogens with one attached hydrogen (secondary N) is 2. The second kappa shape index (κ2) is 8.58. The number of carbonyl (C=O) groups is 3. The molecule has 2 aliphatic heterocycles. The number of rotatable bonds is 5. The van der Waals surface area contributed by atoms with Crippen molar-refractivity contribution in [2.45, 2.75) is 25.3 Å². The van der Waals surface area contributed by atoms with Crippen molar-refractivity contribution in [2.75, 3.05) is 18.0 Å². The van der Waals surface area contributed by atoms with Gasteiger partial charge in [-0.2, -0.15) is 0 Å². The molecule has 8 heteroatoms. The van der Waals surface area contributed by atoms with Crippen LogP contribution < -0.4 is 10.2 Å². The zero-order chi connectivity index (χ0) is 25.7. The number of aromatic amines is 1. The van der Waals surface area contributed by atoms with Gasteiger partial charge in [-0.05, 0) is 61.2 Å². The summed E-state index contributed by atoms with van der Waals surface area (Å²) in [6, 6.07) is 20.2. The van der Waals surface area contributed by atoms with Crippen molar-refractivity contribution < 1.29 is 18.8 Å². The third-order valence-corrected chi connectivity index (χ3v) is 7.47. The second-order valence-corrected chi connectivity index (χ2v) is 9.57. The van der Waals surface area contributed by atoms with Crippen LogP contribution in [0.25, 0.3) is 10.9 Å². The summed E-state index contributed by atoms with van der Waals surface area (Å²) in [4.78, 5) is 46.9. The Morgan fingerprint density at radius 3 is 2.57 bits per heavy atom. The van der Waals surface area contributed by atoms with Gasteiger partial charge < -0.3 is 15.2 Å². The Labute approximate surface area is 212 Å². The minimum atomic E-state index is -1.20. The third-order valence-electron chi connectivity index (χ3n) is 7.47. The maximum atomic E-state index is 14.0. The van der Waals surface area contributed by atoms with Gasteiger partial charge in [0.25, 0.3) is 11.8 Å². The van der Waals surface area contributed by atoms with E-state index in [0.717, 1.165) is 32.6 Å². The van der Waals surface area contributed by atoms with Crippen LogP contribution in [-0.4, -0.2) is 40.8 Å². The zero-order valence-corrected chi connectivity index (χ0v) is 20.3.